The highest BCUT2D eigenvalue weighted by Crippen LogP contribution is 2.30. The summed E-state index contributed by atoms with van der Waals surface area (Å²) in [5.74, 6) is 0.919. The molecular formula is C18H29NO2. The van der Waals surface area contributed by atoms with E-state index in [0.717, 1.165) is 18.8 Å². The lowest BCUT2D eigenvalue weighted by Crippen LogP contribution is -2.43. The van der Waals surface area contributed by atoms with Gasteiger partial charge in [-0.1, -0.05) is 50.8 Å². The molecule has 0 unspecified atom stereocenters. The Labute approximate surface area is 129 Å². The van der Waals surface area contributed by atoms with Crippen molar-refractivity contribution < 1.29 is 9.47 Å². The zero-order valence-electron chi connectivity index (χ0n) is 13.3. The first-order valence-corrected chi connectivity index (χ1v) is 8.37. The first-order valence-electron chi connectivity index (χ1n) is 8.37. The number of likely N-dealkylation sites (N-methyl/N-ethyl adjacent to an activating group) is 1. The number of benzene rings is 1. The molecule has 0 spiro atoms. The topological polar surface area (TPSA) is 30.5 Å². The average Bonchev–Trinajstić information content (AvgIpc) is 2.77. The number of hydrogen-bond acceptors (Lipinski definition) is 3. The smallest absolute Gasteiger partial charge is 0.119 e. The van der Waals surface area contributed by atoms with Gasteiger partial charge in [0.15, 0.2) is 0 Å². The third-order valence-electron chi connectivity index (χ3n) is 4.22. The van der Waals surface area contributed by atoms with Gasteiger partial charge in [-0.05, 0) is 31.5 Å². The zero-order chi connectivity index (χ0) is 14.8. The number of hydrogen-bond donors (Lipinski definition) is 1. The van der Waals surface area contributed by atoms with Crippen molar-refractivity contribution >= 4 is 0 Å². The minimum Gasteiger partial charge on any atom is -0.491 e. The Morgan fingerprint density at radius 2 is 1.71 bits per heavy atom. The number of nitrogens with one attached hydrogen (secondary N) is 1. The van der Waals surface area contributed by atoms with E-state index in [1.807, 2.05) is 30.3 Å². The minimum atomic E-state index is 0.0204. The Kier molecular flexibility index (Phi) is 7.04. The summed E-state index contributed by atoms with van der Waals surface area (Å²) in [6.07, 6.45) is 7.60. The molecule has 0 radical (unpaired) electrons. The van der Waals surface area contributed by atoms with Gasteiger partial charge in [-0.15, -0.1) is 0 Å². The van der Waals surface area contributed by atoms with Crippen molar-refractivity contribution in [3.8, 4) is 5.75 Å². The maximum Gasteiger partial charge on any atom is 0.119 e. The van der Waals surface area contributed by atoms with Gasteiger partial charge < -0.3 is 14.8 Å². The highest BCUT2D eigenvalue weighted by atomic mass is 16.5. The van der Waals surface area contributed by atoms with E-state index in [4.69, 9.17) is 9.47 Å². The first-order chi connectivity index (χ1) is 10.3. The molecule has 21 heavy (non-hydrogen) atoms. The SMILES string of the molecule is CCNCC1(OCCOc2ccccc2)CCCCCC1. The van der Waals surface area contributed by atoms with Crippen molar-refractivity contribution in [2.24, 2.45) is 0 Å². The standard InChI is InChI=1S/C18H29NO2/c1-2-19-16-18(12-8-3-4-9-13-18)21-15-14-20-17-10-6-5-7-11-17/h5-7,10-11,19H,2-4,8-9,12-16H2,1H3. The maximum absolute atomic E-state index is 6.29. The van der Waals surface area contributed by atoms with Crippen LogP contribution in [0.3, 0.4) is 0 Å². The molecule has 1 saturated carbocycles. The van der Waals surface area contributed by atoms with Crippen LogP contribution >= 0.6 is 0 Å². The quantitative estimate of drug-likeness (QED) is 0.584. The fourth-order valence-corrected chi connectivity index (χ4v) is 3.03. The van der Waals surface area contributed by atoms with E-state index < -0.39 is 0 Å². The van der Waals surface area contributed by atoms with E-state index in [0.29, 0.717) is 13.2 Å². The van der Waals surface area contributed by atoms with Crippen LogP contribution in [0.4, 0.5) is 0 Å². The second-order valence-electron chi connectivity index (χ2n) is 5.89. The van der Waals surface area contributed by atoms with Crippen molar-refractivity contribution in [2.75, 3.05) is 26.3 Å². The summed E-state index contributed by atoms with van der Waals surface area (Å²) in [6.45, 7) is 5.42. The highest BCUT2D eigenvalue weighted by Gasteiger charge is 2.31. The molecule has 0 heterocycles. The maximum atomic E-state index is 6.29. The second-order valence-corrected chi connectivity index (χ2v) is 5.89. The first kappa shape index (κ1) is 16.3. The molecule has 2 rings (SSSR count). The summed E-state index contributed by atoms with van der Waals surface area (Å²) >= 11 is 0. The van der Waals surface area contributed by atoms with Gasteiger partial charge in [-0.2, -0.15) is 0 Å². The van der Waals surface area contributed by atoms with Gasteiger partial charge in [0.05, 0.1) is 12.2 Å². The molecule has 0 bridgehead atoms. The number of para-hydroxylation sites is 1. The normalized spacial score (nSPS) is 18.1. The van der Waals surface area contributed by atoms with Crippen molar-refractivity contribution in [1.82, 2.24) is 5.32 Å². The van der Waals surface area contributed by atoms with Crippen LogP contribution in [-0.2, 0) is 4.74 Å². The lowest BCUT2D eigenvalue weighted by molar-refractivity contribution is -0.0635. The summed E-state index contributed by atoms with van der Waals surface area (Å²) in [5.41, 5.74) is 0.0204. The summed E-state index contributed by atoms with van der Waals surface area (Å²) < 4.78 is 12.0. The van der Waals surface area contributed by atoms with Crippen molar-refractivity contribution in [3.05, 3.63) is 30.3 Å². The van der Waals surface area contributed by atoms with Crippen molar-refractivity contribution in [2.45, 2.75) is 51.0 Å². The van der Waals surface area contributed by atoms with Crippen LogP contribution in [0.15, 0.2) is 30.3 Å². The van der Waals surface area contributed by atoms with E-state index in [1.165, 1.54) is 38.5 Å². The average molecular weight is 291 g/mol. The predicted octanol–water partition coefficient (Wildman–Crippen LogP) is 3.78. The highest BCUT2D eigenvalue weighted by molar-refractivity contribution is 5.20. The molecule has 0 amide bonds. The van der Waals surface area contributed by atoms with E-state index >= 15 is 0 Å². The molecule has 1 fully saturated rings. The lowest BCUT2D eigenvalue weighted by Gasteiger charge is -2.33. The van der Waals surface area contributed by atoms with Crippen LogP contribution in [0.25, 0.3) is 0 Å². The molecule has 0 saturated heterocycles. The third-order valence-corrected chi connectivity index (χ3v) is 4.22. The Morgan fingerprint density at radius 3 is 2.38 bits per heavy atom. The molecule has 1 N–H and O–H groups in total. The molecule has 118 valence electrons. The molecular weight excluding hydrogens is 262 g/mol. The summed E-state index contributed by atoms with van der Waals surface area (Å²) in [5, 5.41) is 3.48. The van der Waals surface area contributed by atoms with Gasteiger partial charge in [0.25, 0.3) is 0 Å². The fraction of sp³-hybridized carbons (Fsp3) is 0.667. The van der Waals surface area contributed by atoms with E-state index in [2.05, 4.69) is 12.2 Å². The Morgan fingerprint density at radius 1 is 1.00 bits per heavy atom. The van der Waals surface area contributed by atoms with Gasteiger partial charge in [0, 0.05) is 6.54 Å². The Bertz CT molecular complexity index is 372. The Hall–Kier alpha value is -1.06. The third kappa shape index (κ3) is 5.68. The molecule has 0 aliphatic heterocycles. The van der Waals surface area contributed by atoms with Crippen LogP contribution in [-0.4, -0.2) is 31.9 Å². The summed E-state index contributed by atoms with van der Waals surface area (Å²) in [6, 6.07) is 9.96. The van der Waals surface area contributed by atoms with Crippen molar-refractivity contribution in [3.63, 3.8) is 0 Å². The van der Waals surface area contributed by atoms with Gasteiger partial charge >= 0.3 is 0 Å². The van der Waals surface area contributed by atoms with Crippen LogP contribution in [0.2, 0.25) is 0 Å². The predicted molar refractivity (Wildman–Crippen MR) is 86.9 cm³/mol. The van der Waals surface area contributed by atoms with Crippen molar-refractivity contribution in [1.29, 1.82) is 0 Å². The van der Waals surface area contributed by atoms with E-state index in [9.17, 15) is 0 Å². The summed E-state index contributed by atoms with van der Waals surface area (Å²) in [4.78, 5) is 0. The van der Waals surface area contributed by atoms with Crippen LogP contribution in [0, 0.1) is 0 Å². The van der Waals surface area contributed by atoms with Gasteiger partial charge in [-0.3, -0.25) is 0 Å². The van der Waals surface area contributed by atoms with Gasteiger partial charge in [-0.25, -0.2) is 0 Å². The van der Waals surface area contributed by atoms with E-state index in [-0.39, 0.29) is 5.60 Å². The molecule has 1 aliphatic rings. The Balaban J connectivity index is 1.78. The molecule has 1 aromatic carbocycles. The second kappa shape index (κ2) is 9.06. The summed E-state index contributed by atoms with van der Waals surface area (Å²) in [7, 11) is 0. The monoisotopic (exact) mass is 291 g/mol. The molecule has 1 aliphatic carbocycles. The molecule has 1 aromatic rings. The number of rotatable bonds is 8. The largest absolute Gasteiger partial charge is 0.491 e. The van der Waals surface area contributed by atoms with Crippen LogP contribution in [0.1, 0.15) is 45.4 Å². The minimum absolute atomic E-state index is 0.0204. The van der Waals surface area contributed by atoms with Gasteiger partial charge in [0.2, 0.25) is 0 Å². The number of ether oxygens (including phenoxy) is 2. The van der Waals surface area contributed by atoms with E-state index in [1.54, 1.807) is 0 Å². The fourth-order valence-electron chi connectivity index (χ4n) is 3.03. The zero-order valence-corrected chi connectivity index (χ0v) is 13.3. The molecule has 3 nitrogen and oxygen atoms in total. The van der Waals surface area contributed by atoms with Crippen LogP contribution in [0.5, 0.6) is 5.75 Å². The molecule has 3 heteroatoms. The van der Waals surface area contributed by atoms with Crippen LogP contribution < -0.4 is 10.1 Å². The molecule has 0 atom stereocenters. The van der Waals surface area contributed by atoms with Gasteiger partial charge in [0.1, 0.15) is 12.4 Å². The molecule has 0 aromatic heterocycles. The lowest BCUT2D eigenvalue weighted by atomic mass is 9.94.